The molecule has 11 heteroatoms. The lowest BCUT2D eigenvalue weighted by Gasteiger charge is -2.19. The van der Waals surface area contributed by atoms with Crippen LogP contribution in [-0.2, 0) is 33.4 Å². The molecular weight excluding hydrogens is 460 g/mol. The Morgan fingerprint density at radius 3 is 2.46 bits per heavy atom. The molecule has 11 nitrogen and oxygen atoms in total. The van der Waals surface area contributed by atoms with E-state index in [0.717, 1.165) is 44.3 Å². The lowest BCUT2D eigenvalue weighted by atomic mass is 10.0. The summed E-state index contributed by atoms with van der Waals surface area (Å²) < 4.78 is 15.4. The number of esters is 1. The SMILES string of the molecule is CCOC(=O)C(OC(=O)ON1C(=O)C=CC1=O)c1ccc(NC(=O)OC2/C=C\CCCCC2)cc1. The highest BCUT2D eigenvalue weighted by molar-refractivity contribution is 6.12. The number of rotatable bonds is 7. The highest BCUT2D eigenvalue weighted by Crippen LogP contribution is 2.23. The van der Waals surface area contributed by atoms with Crippen molar-refractivity contribution >= 4 is 35.7 Å². The summed E-state index contributed by atoms with van der Waals surface area (Å²) in [5, 5.41) is 2.82. The average Bonchev–Trinajstić information content (AvgIpc) is 3.12. The Balaban J connectivity index is 1.62. The van der Waals surface area contributed by atoms with Gasteiger partial charge in [0.1, 0.15) is 6.10 Å². The van der Waals surface area contributed by atoms with E-state index in [4.69, 9.17) is 14.2 Å². The van der Waals surface area contributed by atoms with E-state index in [-0.39, 0.29) is 23.3 Å². The van der Waals surface area contributed by atoms with Crippen molar-refractivity contribution in [2.45, 2.75) is 51.2 Å². The van der Waals surface area contributed by atoms with Crippen LogP contribution in [0.4, 0.5) is 15.3 Å². The van der Waals surface area contributed by atoms with E-state index in [0.29, 0.717) is 5.69 Å². The summed E-state index contributed by atoms with van der Waals surface area (Å²) in [7, 11) is 0. The van der Waals surface area contributed by atoms with Crippen LogP contribution in [0.3, 0.4) is 0 Å². The van der Waals surface area contributed by atoms with Gasteiger partial charge in [0.15, 0.2) is 0 Å². The molecule has 1 aliphatic carbocycles. The van der Waals surface area contributed by atoms with E-state index in [2.05, 4.69) is 10.2 Å². The molecule has 3 amide bonds. The molecule has 186 valence electrons. The maximum atomic E-state index is 12.4. The molecule has 0 fully saturated rings. The number of carbonyl (C=O) groups excluding carboxylic acids is 5. The molecule has 2 atom stereocenters. The monoisotopic (exact) mass is 486 g/mol. The zero-order valence-electron chi connectivity index (χ0n) is 19.1. The number of nitrogens with zero attached hydrogens (tertiary/aromatic N) is 1. The standard InChI is InChI=1S/C24H26N2O9/c1-2-32-22(29)21(34-24(31)35-26-19(27)14-15-20(26)28)16-10-12-17(13-11-16)25-23(30)33-18-8-6-4-3-5-7-9-18/h6,8,10-15,18,21H,2-5,7,9H2,1H3,(H,25,30)/b8-6-. The normalized spacial score (nSPS) is 19.2. The molecule has 1 heterocycles. The van der Waals surface area contributed by atoms with E-state index in [1.807, 2.05) is 12.2 Å². The van der Waals surface area contributed by atoms with Crippen molar-refractivity contribution in [3.05, 3.63) is 54.1 Å². The van der Waals surface area contributed by atoms with Crippen LogP contribution in [0.5, 0.6) is 0 Å². The number of amides is 3. The Morgan fingerprint density at radius 2 is 1.77 bits per heavy atom. The van der Waals surface area contributed by atoms with Gasteiger partial charge in [-0.3, -0.25) is 19.7 Å². The number of nitrogens with one attached hydrogen (secondary N) is 1. The number of imide groups is 1. The van der Waals surface area contributed by atoms with E-state index in [1.54, 1.807) is 6.92 Å². The topological polar surface area (TPSA) is 138 Å². The molecule has 0 radical (unpaired) electrons. The van der Waals surface area contributed by atoms with Crippen molar-refractivity contribution in [2.75, 3.05) is 11.9 Å². The first-order valence-electron chi connectivity index (χ1n) is 11.2. The largest absolute Gasteiger partial charge is 0.535 e. The Bertz CT molecular complexity index is 998. The maximum Gasteiger partial charge on any atom is 0.535 e. The summed E-state index contributed by atoms with van der Waals surface area (Å²) >= 11 is 0. The summed E-state index contributed by atoms with van der Waals surface area (Å²) in [5.74, 6) is -2.62. The molecule has 2 unspecified atom stereocenters. The number of carbonyl (C=O) groups is 5. The average molecular weight is 486 g/mol. The number of hydrogen-bond acceptors (Lipinski definition) is 9. The van der Waals surface area contributed by atoms with Crippen molar-refractivity contribution in [3.63, 3.8) is 0 Å². The predicted molar refractivity (Wildman–Crippen MR) is 120 cm³/mol. The molecule has 1 aromatic rings. The number of benzene rings is 1. The molecule has 0 aromatic heterocycles. The van der Waals surface area contributed by atoms with Crippen LogP contribution in [0.25, 0.3) is 0 Å². The van der Waals surface area contributed by atoms with Gasteiger partial charge in [-0.15, -0.1) is 0 Å². The Morgan fingerprint density at radius 1 is 1.06 bits per heavy atom. The number of anilines is 1. The third-order valence-corrected chi connectivity index (χ3v) is 5.08. The fourth-order valence-corrected chi connectivity index (χ4v) is 3.39. The van der Waals surface area contributed by atoms with Crippen LogP contribution >= 0.6 is 0 Å². The van der Waals surface area contributed by atoms with Crippen LogP contribution in [0.2, 0.25) is 0 Å². The van der Waals surface area contributed by atoms with Gasteiger partial charge in [0.2, 0.25) is 6.10 Å². The number of ether oxygens (including phenoxy) is 3. The molecule has 0 saturated heterocycles. The molecule has 1 aliphatic heterocycles. The van der Waals surface area contributed by atoms with Gasteiger partial charge >= 0.3 is 18.2 Å². The molecule has 35 heavy (non-hydrogen) atoms. The molecule has 0 saturated carbocycles. The molecule has 0 bridgehead atoms. The summed E-state index contributed by atoms with van der Waals surface area (Å²) in [6, 6.07) is 5.85. The van der Waals surface area contributed by atoms with E-state index >= 15 is 0 Å². The van der Waals surface area contributed by atoms with Crippen LogP contribution in [0.15, 0.2) is 48.6 Å². The molecule has 3 rings (SSSR count). The van der Waals surface area contributed by atoms with Crippen LogP contribution in [0.1, 0.15) is 50.7 Å². The fourth-order valence-electron chi connectivity index (χ4n) is 3.39. The third kappa shape index (κ3) is 7.42. The Kier molecular flexibility index (Phi) is 8.99. The van der Waals surface area contributed by atoms with Gasteiger partial charge < -0.3 is 14.2 Å². The fraction of sp³-hybridized carbons (Fsp3) is 0.375. The first kappa shape index (κ1) is 25.5. The van der Waals surface area contributed by atoms with Crippen molar-refractivity contribution in [2.24, 2.45) is 0 Å². The van der Waals surface area contributed by atoms with Crippen LogP contribution < -0.4 is 5.32 Å². The van der Waals surface area contributed by atoms with Gasteiger partial charge in [0, 0.05) is 23.4 Å². The van der Waals surface area contributed by atoms with E-state index in [9.17, 15) is 24.0 Å². The van der Waals surface area contributed by atoms with Crippen molar-refractivity contribution in [3.8, 4) is 0 Å². The minimum atomic E-state index is -1.54. The van der Waals surface area contributed by atoms with Crippen LogP contribution in [0, 0.1) is 0 Å². The first-order chi connectivity index (χ1) is 16.9. The number of hydrogen-bond donors (Lipinski definition) is 1. The van der Waals surface area contributed by atoms with Crippen molar-refractivity contribution in [1.82, 2.24) is 5.06 Å². The van der Waals surface area contributed by atoms with Crippen molar-refractivity contribution in [1.29, 1.82) is 0 Å². The number of hydroxylamine groups is 2. The molecule has 2 aliphatic rings. The lowest BCUT2D eigenvalue weighted by molar-refractivity contribution is -0.179. The second-order valence-corrected chi connectivity index (χ2v) is 7.65. The minimum absolute atomic E-state index is 0.0157. The molecule has 1 N–H and O–H groups in total. The van der Waals surface area contributed by atoms with Gasteiger partial charge in [-0.2, -0.15) is 0 Å². The maximum absolute atomic E-state index is 12.4. The highest BCUT2D eigenvalue weighted by Gasteiger charge is 2.32. The molecular formula is C24H26N2O9. The van der Waals surface area contributed by atoms with Gasteiger partial charge in [-0.1, -0.05) is 29.7 Å². The van der Waals surface area contributed by atoms with Gasteiger partial charge in [-0.05, 0) is 50.8 Å². The quantitative estimate of drug-likeness (QED) is 0.264. The van der Waals surface area contributed by atoms with Crippen LogP contribution in [-0.4, -0.2) is 47.8 Å². The van der Waals surface area contributed by atoms with Gasteiger partial charge in [-0.25, -0.2) is 14.4 Å². The van der Waals surface area contributed by atoms with E-state index < -0.39 is 36.1 Å². The first-order valence-corrected chi connectivity index (χ1v) is 11.2. The predicted octanol–water partition coefficient (Wildman–Crippen LogP) is 3.72. The summed E-state index contributed by atoms with van der Waals surface area (Å²) in [6.07, 6.45) is 6.74. The smallest absolute Gasteiger partial charge is 0.463 e. The number of allylic oxidation sites excluding steroid dienone is 1. The lowest BCUT2D eigenvalue weighted by Crippen LogP contribution is -2.34. The zero-order valence-corrected chi connectivity index (χ0v) is 19.1. The van der Waals surface area contributed by atoms with Gasteiger partial charge in [0.25, 0.3) is 11.8 Å². The highest BCUT2D eigenvalue weighted by atomic mass is 16.8. The zero-order chi connectivity index (χ0) is 25.2. The van der Waals surface area contributed by atoms with Crippen molar-refractivity contribution < 1.29 is 43.0 Å². The van der Waals surface area contributed by atoms with E-state index in [1.165, 1.54) is 24.3 Å². The summed E-state index contributed by atoms with van der Waals surface area (Å²) in [4.78, 5) is 64.4. The summed E-state index contributed by atoms with van der Waals surface area (Å²) in [5.41, 5.74) is 0.595. The third-order valence-electron chi connectivity index (χ3n) is 5.08. The molecule has 0 spiro atoms. The summed E-state index contributed by atoms with van der Waals surface area (Å²) in [6.45, 7) is 1.59. The minimum Gasteiger partial charge on any atom is -0.463 e. The Hall–Kier alpha value is -4.15. The molecule has 1 aromatic carbocycles. The Labute approximate surface area is 201 Å². The second-order valence-electron chi connectivity index (χ2n) is 7.65. The second kappa shape index (κ2) is 12.4. The van der Waals surface area contributed by atoms with Gasteiger partial charge in [0.05, 0.1) is 6.61 Å².